The minimum Gasteiger partial charge on any atom is -0.363 e. The van der Waals surface area contributed by atoms with Crippen molar-refractivity contribution >= 4 is 5.82 Å². The molecule has 18 heavy (non-hydrogen) atoms. The summed E-state index contributed by atoms with van der Waals surface area (Å²) in [4.78, 5) is 16.2. The predicted octanol–water partition coefficient (Wildman–Crippen LogP) is 3.03. The fourth-order valence-corrected chi connectivity index (χ4v) is 2.08. The zero-order valence-electron chi connectivity index (χ0n) is 11.8. The summed E-state index contributed by atoms with van der Waals surface area (Å²) in [7, 11) is 0. The van der Waals surface area contributed by atoms with E-state index in [1.54, 1.807) is 17.0 Å². The normalized spacial score (nSPS) is 12.4. The van der Waals surface area contributed by atoms with Crippen LogP contribution in [0.4, 0.5) is 5.82 Å². The van der Waals surface area contributed by atoms with Crippen LogP contribution in [-0.2, 0) is 6.54 Å². The lowest BCUT2D eigenvalue weighted by Crippen LogP contribution is -2.29. The smallest absolute Gasteiger partial charge is 0.293 e. The van der Waals surface area contributed by atoms with E-state index in [2.05, 4.69) is 24.1 Å². The number of hydrogen-bond donors (Lipinski definition) is 1. The number of rotatable bonds is 8. The molecule has 1 unspecified atom stereocenters. The summed E-state index contributed by atoms with van der Waals surface area (Å²) < 4.78 is 1.68. The molecule has 0 aliphatic carbocycles. The van der Waals surface area contributed by atoms with Gasteiger partial charge in [-0.1, -0.05) is 33.1 Å². The van der Waals surface area contributed by atoms with Crippen LogP contribution in [0, 0.1) is 0 Å². The maximum Gasteiger partial charge on any atom is 0.293 e. The highest BCUT2D eigenvalue weighted by atomic mass is 16.1. The molecule has 1 rings (SSSR count). The maximum atomic E-state index is 12.1. The lowest BCUT2D eigenvalue weighted by atomic mass is 10.1. The zero-order chi connectivity index (χ0) is 13.4. The molecule has 0 aliphatic rings. The molecule has 0 radical (unpaired) electrons. The molecule has 1 atom stereocenters. The summed E-state index contributed by atoms with van der Waals surface area (Å²) in [5.74, 6) is 0.494. The van der Waals surface area contributed by atoms with Gasteiger partial charge >= 0.3 is 0 Å². The molecule has 102 valence electrons. The molecular weight excluding hydrogens is 226 g/mol. The van der Waals surface area contributed by atoms with Crippen LogP contribution >= 0.6 is 0 Å². The Morgan fingerprint density at radius 1 is 1.28 bits per heavy atom. The van der Waals surface area contributed by atoms with Crippen LogP contribution in [0.1, 0.15) is 52.9 Å². The Labute approximate surface area is 109 Å². The van der Waals surface area contributed by atoms with Gasteiger partial charge in [0.25, 0.3) is 5.56 Å². The van der Waals surface area contributed by atoms with E-state index in [1.807, 2.05) is 6.92 Å². The second-order valence-corrected chi connectivity index (χ2v) is 4.64. The minimum atomic E-state index is -0.0161. The SMILES string of the molecule is CCCCC(CCC)Nc1nccn(CC)c1=O. The lowest BCUT2D eigenvalue weighted by molar-refractivity contribution is 0.560. The molecule has 0 saturated heterocycles. The Balaban J connectivity index is 2.76. The van der Waals surface area contributed by atoms with Crippen molar-refractivity contribution in [1.29, 1.82) is 0 Å². The van der Waals surface area contributed by atoms with Crippen molar-refractivity contribution < 1.29 is 0 Å². The van der Waals surface area contributed by atoms with Crippen molar-refractivity contribution in [3.63, 3.8) is 0 Å². The van der Waals surface area contributed by atoms with Gasteiger partial charge in [-0.3, -0.25) is 4.79 Å². The first-order valence-electron chi connectivity index (χ1n) is 7.04. The number of anilines is 1. The highest BCUT2D eigenvalue weighted by Gasteiger charge is 2.11. The van der Waals surface area contributed by atoms with E-state index in [1.165, 1.54) is 12.8 Å². The molecule has 0 aliphatic heterocycles. The van der Waals surface area contributed by atoms with Crippen molar-refractivity contribution in [3.05, 3.63) is 22.7 Å². The van der Waals surface area contributed by atoms with E-state index < -0.39 is 0 Å². The van der Waals surface area contributed by atoms with E-state index >= 15 is 0 Å². The van der Waals surface area contributed by atoms with E-state index in [0.717, 1.165) is 19.3 Å². The fraction of sp³-hybridized carbons (Fsp3) is 0.714. The van der Waals surface area contributed by atoms with E-state index in [-0.39, 0.29) is 5.56 Å². The van der Waals surface area contributed by atoms with Gasteiger partial charge in [0.1, 0.15) is 0 Å². The van der Waals surface area contributed by atoms with Gasteiger partial charge in [0.05, 0.1) is 0 Å². The summed E-state index contributed by atoms with van der Waals surface area (Å²) in [5, 5.41) is 3.31. The van der Waals surface area contributed by atoms with Gasteiger partial charge in [0, 0.05) is 25.0 Å². The van der Waals surface area contributed by atoms with Gasteiger partial charge in [0.2, 0.25) is 0 Å². The number of aryl methyl sites for hydroxylation is 1. The van der Waals surface area contributed by atoms with Gasteiger partial charge in [-0.25, -0.2) is 4.98 Å². The Bertz CT molecular complexity index is 400. The highest BCUT2D eigenvalue weighted by Crippen LogP contribution is 2.10. The summed E-state index contributed by atoms with van der Waals surface area (Å²) in [5.41, 5.74) is -0.0161. The predicted molar refractivity (Wildman–Crippen MR) is 76.0 cm³/mol. The quantitative estimate of drug-likeness (QED) is 0.772. The molecule has 1 aromatic heterocycles. The van der Waals surface area contributed by atoms with Gasteiger partial charge in [-0.15, -0.1) is 0 Å². The van der Waals surface area contributed by atoms with Gasteiger partial charge in [-0.05, 0) is 19.8 Å². The lowest BCUT2D eigenvalue weighted by Gasteiger charge is -2.18. The summed E-state index contributed by atoms with van der Waals surface area (Å²) in [6, 6.07) is 0.364. The van der Waals surface area contributed by atoms with E-state index in [9.17, 15) is 4.79 Å². The van der Waals surface area contributed by atoms with Crippen molar-refractivity contribution in [3.8, 4) is 0 Å². The Kier molecular flexibility index (Phi) is 6.47. The van der Waals surface area contributed by atoms with Crippen molar-refractivity contribution in [1.82, 2.24) is 9.55 Å². The number of hydrogen-bond acceptors (Lipinski definition) is 3. The van der Waals surface area contributed by atoms with Crippen molar-refractivity contribution in [2.24, 2.45) is 0 Å². The Morgan fingerprint density at radius 2 is 2.06 bits per heavy atom. The van der Waals surface area contributed by atoms with Gasteiger partial charge in [0.15, 0.2) is 5.82 Å². The first-order valence-corrected chi connectivity index (χ1v) is 7.04. The number of unbranched alkanes of at least 4 members (excludes halogenated alkanes) is 1. The summed E-state index contributed by atoms with van der Waals surface area (Å²) in [6.07, 6.45) is 9.10. The molecule has 0 spiro atoms. The molecule has 4 heteroatoms. The van der Waals surface area contributed by atoms with E-state index in [0.29, 0.717) is 18.4 Å². The third kappa shape index (κ3) is 4.17. The number of aromatic nitrogens is 2. The number of nitrogens with zero attached hydrogens (tertiary/aromatic N) is 2. The molecule has 1 N–H and O–H groups in total. The van der Waals surface area contributed by atoms with Crippen LogP contribution in [-0.4, -0.2) is 15.6 Å². The van der Waals surface area contributed by atoms with Gasteiger partial charge < -0.3 is 9.88 Å². The van der Waals surface area contributed by atoms with Crippen LogP contribution in [0.15, 0.2) is 17.2 Å². The third-order valence-electron chi connectivity index (χ3n) is 3.14. The average Bonchev–Trinajstić information content (AvgIpc) is 2.38. The molecule has 0 fully saturated rings. The largest absolute Gasteiger partial charge is 0.363 e. The van der Waals surface area contributed by atoms with Crippen molar-refractivity contribution in [2.75, 3.05) is 5.32 Å². The Morgan fingerprint density at radius 3 is 2.67 bits per heavy atom. The summed E-state index contributed by atoms with van der Waals surface area (Å²) in [6.45, 7) is 7.01. The topological polar surface area (TPSA) is 46.9 Å². The average molecular weight is 251 g/mol. The van der Waals surface area contributed by atoms with Crippen LogP contribution in [0.25, 0.3) is 0 Å². The minimum absolute atomic E-state index is 0.0161. The van der Waals surface area contributed by atoms with Crippen molar-refractivity contribution in [2.45, 2.75) is 65.5 Å². The molecule has 0 aromatic carbocycles. The van der Waals surface area contributed by atoms with Gasteiger partial charge in [-0.2, -0.15) is 0 Å². The molecule has 1 aromatic rings. The number of nitrogens with one attached hydrogen (secondary N) is 1. The van der Waals surface area contributed by atoms with Crippen LogP contribution in [0.2, 0.25) is 0 Å². The summed E-state index contributed by atoms with van der Waals surface area (Å²) >= 11 is 0. The molecular formula is C14H25N3O. The fourth-order valence-electron chi connectivity index (χ4n) is 2.08. The molecule has 0 saturated carbocycles. The van der Waals surface area contributed by atoms with Crippen LogP contribution in [0.3, 0.4) is 0 Å². The molecule has 1 heterocycles. The zero-order valence-corrected chi connectivity index (χ0v) is 11.8. The molecule has 4 nitrogen and oxygen atoms in total. The third-order valence-corrected chi connectivity index (χ3v) is 3.14. The molecule has 0 amide bonds. The first-order chi connectivity index (χ1) is 8.72. The second kappa shape index (κ2) is 7.90. The Hall–Kier alpha value is -1.32. The van der Waals surface area contributed by atoms with Crippen LogP contribution < -0.4 is 10.9 Å². The maximum absolute atomic E-state index is 12.1. The monoisotopic (exact) mass is 251 g/mol. The second-order valence-electron chi connectivity index (χ2n) is 4.64. The molecule has 0 bridgehead atoms. The van der Waals surface area contributed by atoms with Crippen LogP contribution in [0.5, 0.6) is 0 Å². The highest BCUT2D eigenvalue weighted by molar-refractivity contribution is 5.32. The first kappa shape index (κ1) is 14.7. The van der Waals surface area contributed by atoms with E-state index in [4.69, 9.17) is 0 Å². The standard InChI is InChI=1S/C14H25N3O/c1-4-7-9-12(8-5-2)16-13-14(18)17(6-3)11-10-15-13/h10-12H,4-9H2,1-3H3,(H,15,16).